The number of amides is 1. The van der Waals surface area contributed by atoms with Gasteiger partial charge >= 0.3 is 0 Å². The molecule has 0 unspecified atom stereocenters. The van der Waals surface area contributed by atoms with Gasteiger partial charge in [0.1, 0.15) is 0 Å². The fourth-order valence-corrected chi connectivity index (χ4v) is 2.59. The van der Waals surface area contributed by atoms with Gasteiger partial charge in [-0.3, -0.25) is 14.7 Å². The molecule has 0 atom stereocenters. The van der Waals surface area contributed by atoms with Crippen molar-refractivity contribution in [1.29, 1.82) is 0 Å². The van der Waals surface area contributed by atoms with Crippen LogP contribution in [0.15, 0.2) is 34.2 Å². The zero-order valence-electron chi connectivity index (χ0n) is 10.1. The molecule has 1 aromatic carbocycles. The normalized spacial score (nSPS) is 20.6. The Morgan fingerprint density at radius 2 is 2.18 bits per heavy atom. The van der Waals surface area contributed by atoms with Crippen LogP contribution in [0.5, 0.6) is 0 Å². The van der Waals surface area contributed by atoms with E-state index in [1.807, 2.05) is 31.2 Å². The van der Waals surface area contributed by atoms with Gasteiger partial charge in [-0.2, -0.15) is 0 Å². The molecule has 0 N–H and O–H groups in total. The number of rotatable bonds is 1. The van der Waals surface area contributed by atoms with Crippen LogP contribution in [0.4, 0.5) is 0 Å². The zero-order valence-corrected chi connectivity index (χ0v) is 10.9. The van der Waals surface area contributed by atoms with Crippen LogP contribution >= 0.6 is 11.8 Å². The number of carbonyl (C=O) groups excluding carboxylic acids is 1. The molecule has 17 heavy (non-hydrogen) atoms. The average Bonchev–Trinajstić information content (AvgIpc) is 2.57. The van der Waals surface area contributed by atoms with E-state index < -0.39 is 0 Å². The minimum absolute atomic E-state index is 0.0112. The SMILES string of the molecule is CN=C1S/C(=C/c2cccc(C)c2)C(=O)N1C. The van der Waals surface area contributed by atoms with Gasteiger partial charge in [-0.15, -0.1) is 0 Å². The summed E-state index contributed by atoms with van der Waals surface area (Å²) in [6.45, 7) is 2.04. The Morgan fingerprint density at radius 1 is 1.41 bits per heavy atom. The van der Waals surface area contributed by atoms with E-state index in [2.05, 4.69) is 11.1 Å². The van der Waals surface area contributed by atoms with E-state index in [1.165, 1.54) is 17.3 Å². The van der Waals surface area contributed by atoms with Gasteiger partial charge < -0.3 is 0 Å². The molecule has 1 amide bonds. The lowest BCUT2D eigenvalue weighted by atomic mass is 10.1. The molecule has 88 valence electrons. The van der Waals surface area contributed by atoms with E-state index in [4.69, 9.17) is 0 Å². The second-order valence-corrected chi connectivity index (χ2v) is 4.90. The number of hydrogen-bond acceptors (Lipinski definition) is 3. The molecule has 2 rings (SSSR count). The van der Waals surface area contributed by atoms with Gasteiger partial charge in [0, 0.05) is 14.1 Å². The molecule has 1 aliphatic heterocycles. The third-order valence-corrected chi connectivity index (χ3v) is 3.69. The number of benzene rings is 1. The summed E-state index contributed by atoms with van der Waals surface area (Å²) in [6, 6.07) is 8.08. The second kappa shape index (κ2) is 4.75. The van der Waals surface area contributed by atoms with E-state index >= 15 is 0 Å². The van der Waals surface area contributed by atoms with Crippen molar-refractivity contribution in [3.8, 4) is 0 Å². The van der Waals surface area contributed by atoms with Crippen molar-refractivity contribution in [3.05, 3.63) is 40.3 Å². The van der Waals surface area contributed by atoms with Crippen molar-refractivity contribution < 1.29 is 4.79 Å². The van der Waals surface area contributed by atoms with Gasteiger partial charge in [-0.25, -0.2) is 0 Å². The van der Waals surface area contributed by atoms with Gasteiger partial charge in [0.25, 0.3) is 5.91 Å². The number of amidine groups is 1. The first-order chi connectivity index (χ1) is 8.11. The number of nitrogens with zero attached hydrogens (tertiary/aromatic N) is 2. The molecule has 0 aliphatic carbocycles. The van der Waals surface area contributed by atoms with Crippen LogP contribution in [0.2, 0.25) is 0 Å². The summed E-state index contributed by atoms with van der Waals surface area (Å²) in [6.07, 6.45) is 1.91. The van der Waals surface area contributed by atoms with Crippen molar-refractivity contribution in [1.82, 2.24) is 4.90 Å². The topological polar surface area (TPSA) is 32.7 Å². The quantitative estimate of drug-likeness (QED) is 0.713. The van der Waals surface area contributed by atoms with Gasteiger partial charge in [-0.05, 0) is 30.3 Å². The standard InChI is InChI=1S/C13H14N2OS/c1-9-5-4-6-10(7-9)8-11-12(16)15(3)13(14-2)17-11/h4-8H,1-3H3/b11-8+,14-13?. The predicted octanol–water partition coefficient (Wildman–Crippen LogP) is 2.53. The molecule has 0 spiro atoms. The molecule has 1 heterocycles. The van der Waals surface area contributed by atoms with E-state index in [0.717, 1.165) is 15.6 Å². The Bertz CT molecular complexity index is 520. The Morgan fingerprint density at radius 3 is 2.76 bits per heavy atom. The van der Waals surface area contributed by atoms with E-state index in [0.29, 0.717) is 0 Å². The molecule has 1 aromatic rings. The Kier molecular flexibility index (Phi) is 3.33. The fourth-order valence-electron chi connectivity index (χ4n) is 1.66. The number of carbonyl (C=O) groups is 1. The van der Waals surface area contributed by atoms with Gasteiger partial charge in [0.15, 0.2) is 5.17 Å². The minimum atomic E-state index is 0.0112. The summed E-state index contributed by atoms with van der Waals surface area (Å²) >= 11 is 1.42. The third-order valence-electron chi connectivity index (χ3n) is 2.53. The molecule has 1 aliphatic rings. The number of aryl methyl sites for hydroxylation is 1. The maximum absolute atomic E-state index is 11.9. The molecule has 0 saturated carbocycles. The highest BCUT2D eigenvalue weighted by molar-refractivity contribution is 8.18. The highest BCUT2D eigenvalue weighted by Gasteiger charge is 2.29. The average molecular weight is 246 g/mol. The molecule has 0 bridgehead atoms. The van der Waals surface area contributed by atoms with Crippen LogP contribution < -0.4 is 0 Å². The summed E-state index contributed by atoms with van der Waals surface area (Å²) in [5.41, 5.74) is 2.24. The number of likely N-dealkylation sites (N-methyl/N-ethyl adjacent to an activating group) is 1. The van der Waals surface area contributed by atoms with Crippen LogP contribution in [-0.2, 0) is 4.79 Å². The molecule has 1 saturated heterocycles. The summed E-state index contributed by atoms with van der Waals surface area (Å²) in [7, 11) is 3.44. The second-order valence-electron chi connectivity index (χ2n) is 3.90. The van der Waals surface area contributed by atoms with Crippen molar-refractivity contribution in [3.63, 3.8) is 0 Å². The van der Waals surface area contributed by atoms with Crippen molar-refractivity contribution in [2.45, 2.75) is 6.92 Å². The summed E-state index contributed by atoms with van der Waals surface area (Å²) in [4.78, 5) is 18.3. The molecule has 3 nitrogen and oxygen atoms in total. The minimum Gasteiger partial charge on any atom is -0.290 e. The maximum atomic E-state index is 11.9. The smallest absolute Gasteiger partial charge is 0.266 e. The highest BCUT2D eigenvalue weighted by Crippen LogP contribution is 2.31. The lowest BCUT2D eigenvalue weighted by Gasteiger charge is -2.05. The van der Waals surface area contributed by atoms with Crippen molar-refractivity contribution in [2.24, 2.45) is 4.99 Å². The molecular weight excluding hydrogens is 232 g/mol. The molecule has 1 fully saturated rings. The fraction of sp³-hybridized carbons (Fsp3) is 0.231. The summed E-state index contributed by atoms with van der Waals surface area (Å²) in [5, 5.41) is 0.744. The molecule has 0 radical (unpaired) electrons. The predicted molar refractivity (Wildman–Crippen MR) is 72.9 cm³/mol. The number of aliphatic imine (C=N–C) groups is 1. The van der Waals surface area contributed by atoms with Gasteiger partial charge in [-0.1, -0.05) is 29.8 Å². The monoisotopic (exact) mass is 246 g/mol. The van der Waals surface area contributed by atoms with E-state index in [1.54, 1.807) is 19.0 Å². The third kappa shape index (κ3) is 2.42. The molecule has 4 heteroatoms. The zero-order chi connectivity index (χ0) is 12.4. The van der Waals surface area contributed by atoms with Crippen LogP contribution in [0.25, 0.3) is 6.08 Å². The Balaban J connectivity index is 2.33. The van der Waals surface area contributed by atoms with E-state index in [9.17, 15) is 4.79 Å². The van der Waals surface area contributed by atoms with Crippen molar-refractivity contribution >= 4 is 28.9 Å². The first-order valence-electron chi connectivity index (χ1n) is 5.33. The lowest BCUT2D eigenvalue weighted by Crippen LogP contribution is -2.23. The largest absolute Gasteiger partial charge is 0.290 e. The van der Waals surface area contributed by atoms with Gasteiger partial charge in [0.2, 0.25) is 0 Å². The molecule has 0 aromatic heterocycles. The first kappa shape index (κ1) is 11.9. The highest BCUT2D eigenvalue weighted by atomic mass is 32.2. The van der Waals surface area contributed by atoms with Crippen LogP contribution in [0.3, 0.4) is 0 Å². The summed E-state index contributed by atoms with van der Waals surface area (Å²) in [5.74, 6) is 0.0112. The van der Waals surface area contributed by atoms with Crippen LogP contribution in [0, 0.1) is 6.92 Å². The van der Waals surface area contributed by atoms with Gasteiger partial charge in [0.05, 0.1) is 4.91 Å². The van der Waals surface area contributed by atoms with E-state index in [-0.39, 0.29) is 5.91 Å². The first-order valence-corrected chi connectivity index (χ1v) is 6.14. The van der Waals surface area contributed by atoms with Crippen molar-refractivity contribution in [2.75, 3.05) is 14.1 Å². The number of thioether (sulfide) groups is 1. The maximum Gasteiger partial charge on any atom is 0.266 e. The number of hydrogen-bond donors (Lipinski definition) is 0. The Labute approximate surface area is 105 Å². The Hall–Kier alpha value is -1.55. The summed E-state index contributed by atoms with van der Waals surface area (Å²) < 4.78 is 0. The van der Waals surface area contributed by atoms with Crippen LogP contribution in [0.1, 0.15) is 11.1 Å². The van der Waals surface area contributed by atoms with Crippen LogP contribution in [-0.4, -0.2) is 30.1 Å². The lowest BCUT2D eigenvalue weighted by molar-refractivity contribution is -0.121. The molecular formula is C13H14N2OS.